The lowest BCUT2D eigenvalue weighted by atomic mass is 9.97. The molecule has 0 aliphatic carbocycles. The summed E-state index contributed by atoms with van der Waals surface area (Å²) in [7, 11) is 3.21. The molecule has 1 atom stereocenters. The monoisotopic (exact) mass is 620 g/mol. The minimum Gasteiger partial charge on any atom is -0.355 e. The number of ketones is 1. The van der Waals surface area contributed by atoms with Crippen LogP contribution in [-0.2, 0) is 12.7 Å². The molecule has 1 aromatic heterocycles. The van der Waals surface area contributed by atoms with E-state index in [4.69, 9.17) is 0 Å². The van der Waals surface area contributed by atoms with Gasteiger partial charge in [0.25, 0.3) is 11.5 Å². The molecule has 0 radical (unpaired) electrons. The molecule has 234 valence electrons. The van der Waals surface area contributed by atoms with Crippen LogP contribution in [0, 0.1) is 12.7 Å². The number of amides is 1. The smallest absolute Gasteiger partial charge is 0.355 e. The molecule has 0 aliphatic rings. The summed E-state index contributed by atoms with van der Waals surface area (Å²) < 4.78 is 56.9. The van der Waals surface area contributed by atoms with Crippen LogP contribution in [0.25, 0.3) is 11.3 Å². The van der Waals surface area contributed by atoms with E-state index in [1.807, 2.05) is 6.92 Å². The number of nitrogens with zero attached hydrogens (tertiary/aromatic N) is 1. The van der Waals surface area contributed by atoms with Crippen molar-refractivity contribution in [1.29, 1.82) is 0 Å². The lowest BCUT2D eigenvalue weighted by Crippen LogP contribution is -2.30. The highest BCUT2D eigenvalue weighted by Crippen LogP contribution is 2.32. The second-order valence-electron chi connectivity index (χ2n) is 10.5. The average molecular weight is 621 g/mol. The molecule has 11 heteroatoms. The molecule has 4 aromatic rings. The molecule has 0 saturated carbocycles. The summed E-state index contributed by atoms with van der Waals surface area (Å²) in [6, 6.07) is 15.3. The Morgan fingerprint density at radius 1 is 0.956 bits per heavy atom. The maximum absolute atomic E-state index is 14.1. The number of aromatic nitrogens is 1. The number of anilines is 1. The third kappa shape index (κ3) is 7.21. The van der Waals surface area contributed by atoms with Crippen molar-refractivity contribution in [2.45, 2.75) is 32.6 Å². The zero-order chi connectivity index (χ0) is 33.1. The first-order valence-corrected chi connectivity index (χ1v) is 14.0. The maximum atomic E-state index is 14.1. The summed E-state index contributed by atoms with van der Waals surface area (Å²) in [5.74, 6) is -1.68. The number of carbonyl (C=O) groups is 2. The Morgan fingerprint density at radius 2 is 1.64 bits per heavy atom. The zero-order valence-electron chi connectivity index (χ0n) is 25.1. The summed E-state index contributed by atoms with van der Waals surface area (Å²) in [6.07, 6.45) is -4.80. The van der Waals surface area contributed by atoms with Crippen molar-refractivity contribution in [3.8, 4) is 11.3 Å². The summed E-state index contributed by atoms with van der Waals surface area (Å²) >= 11 is 0. The molecule has 0 aliphatic heterocycles. The average Bonchev–Trinajstić information content (AvgIpc) is 3.02. The fourth-order valence-corrected chi connectivity index (χ4v) is 4.84. The number of hydrogen-bond acceptors (Lipinski definition) is 5. The summed E-state index contributed by atoms with van der Waals surface area (Å²) in [5, 5.41) is 8.58. The lowest BCUT2D eigenvalue weighted by molar-refractivity contribution is -0.137. The molecule has 7 nitrogen and oxygen atoms in total. The van der Waals surface area contributed by atoms with Gasteiger partial charge in [0, 0.05) is 41.0 Å². The van der Waals surface area contributed by atoms with Gasteiger partial charge in [-0.05, 0) is 92.7 Å². The van der Waals surface area contributed by atoms with E-state index >= 15 is 0 Å². The van der Waals surface area contributed by atoms with Crippen molar-refractivity contribution in [3.05, 3.63) is 135 Å². The highest BCUT2D eigenvalue weighted by Gasteiger charge is 2.32. The first-order chi connectivity index (χ1) is 21.2. The quantitative estimate of drug-likeness (QED) is 0.146. The topological polar surface area (TPSA) is 92.2 Å². The minimum absolute atomic E-state index is 0.00420. The highest BCUT2D eigenvalue weighted by molar-refractivity contribution is 6.09. The molecule has 4 rings (SSSR count). The molecule has 0 spiro atoms. The van der Waals surface area contributed by atoms with E-state index in [0.717, 1.165) is 24.3 Å². The van der Waals surface area contributed by atoms with E-state index in [0.29, 0.717) is 28.1 Å². The van der Waals surface area contributed by atoms with Gasteiger partial charge < -0.3 is 20.5 Å². The van der Waals surface area contributed by atoms with E-state index < -0.39 is 28.9 Å². The molecular formula is C34H32F4N4O3. The first-order valence-electron chi connectivity index (χ1n) is 14.0. The Kier molecular flexibility index (Phi) is 9.72. The number of benzene rings is 3. The van der Waals surface area contributed by atoms with Gasteiger partial charge in [-0.2, -0.15) is 13.2 Å². The number of pyridine rings is 1. The largest absolute Gasteiger partial charge is 0.416 e. The molecule has 1 amide bonds. The van der Waals surface area contributed by atoms with Crippen LogP contribution in [0.5, 0.6) is 0 Å². The molecular weight excluding hydrogens is 588 g/mol. The molecule has 45 heavy (non-hydrogen) atoms. The number of halogens is 4. The van der Waals surface area contributed by atoms with E-state index in [2.05, 4.69) is 22.5 Å². The van der Waals surface area contributed by atoms with Gasteiger partial charge in [0.05, 0.1) is 17.8 Å². The van der Waals surface area contributed by atoms with Gasteiger partial charge in [-0.15, -0.1) is 0 Å². The van der Waals surface area contributed by atoms with Gasteiger partial charge in [0.1, 0.15) is 11.5 Å². The van der Waals surface area contributed by atoms with E-state index in [1.165, 1.54) is 29.8 Å². The predicted octanol–water partition coefficient (Wildman–Crippen LogP) is 6.15. The third-order valence-corrected chi connectivity index (χ3v) is 7.54. The van der Waals surface area contributed by atoms with Gasteiger partial charge in [-0.25, -0.2) is 4.39 Å². The Morgan fingerprint density at radius 3 is 2.27 bits per heavy atom. The van der Waals surface area contributed by atoms with Crippen LogP contribution in [0.15, 0.2) is 89.9 Å². The molecule has 1 heterocycles. The van der Waals surface area contributed by atoms with Crippen LogP contribution < -0.4 is 21.5 Å². The van der Waals surface area contributed by atoms with Crippen molar-refractivity contribution in [3.63, 3.8) is 0 Å². The lowest BCUT2D eigenvalue weighted by Gasteiger charge is -2.21. The number of alkyl halides is 3. The Labute approximate surface area is 257 Å². The van der Waals surface area contributed by atoms with Crippen molar-refractivity contribution >= 4 is 17.4 Å². The van der Waals surface area contributed by atoms with Crippen LogP contribution in [0.3, 0.4) is 0 Å². The Hall–Kier alpha value is -5.03. The Balaban J connectivity index is 1.92. The molecule has 3 N–H and O–H groups in total. The molecule has 0 saturated heterocycles. The van der Waals surface area contributed by atoms with Gasteiger partial charge >= 0.3 is 6.18 Å². The second-order valence-corrected chi connectivity index (χ2v) is 10.5. The van der Waals surface area contributed by atoms with Crippen molar-refractivity contribution in [2.75, 3.05) is 19.4 Å². The summed E-state index contributed by atoms with van der Waals surface area (Å²) in [4.78, 5) is 39.7. The van der Waals surface area contributed by atoms with Crippen molar-refractivity contribution in [2.24, 2.45) is 0 Å². The SMILES string of the molecule is C=C(Nc1ccc(-c2cccc(C(=O)NC)c2C)n(Cc2cc(C(=O)c3ccc(F)cc3)cc(C(F)(F)F)c2)c1=O)[C@H](C)NC. The standard InChI is InChI=1S/C34H32F4N4O3/c1-19-27(7-6-8-28(19)32(44)40-5)30-14-13-29(41-21(3)20(2)39-4)33(45)42(30)18-22-15-24(17-25(16-22)34(36,37)38)31(43)23-9-11-26(35)12-10-23/h6-17,20,39,41H,3,18H2,1-2,4-5H3,(H,40,44)/t20-/m0/s1. The van der Waals surface area contributed by atoms with Crippen LogP contribution in [0.1, 0.15) is 49.9 Å². The normalized spacial score (nSPS) is 12.0. The van der Waals surface area contributed by atoms with Crippen molar-refractivity contribution < 1.29 is 27.2 Å². The number of likely N-dealkylation sites (N-methyl/N-ethyl adjacent to an activating group) is 1. The molecule has 3 aromatic carbocycles. The second kappa shape index (κ2) is 13.3. The molecule has 0 fully saturated rings. The fourth-order valence-electron chi connectivity index (χ4n) is 4.84. The van der Waals surface area contributed by atoms with E-state index in [1.54, 1.807) is 44.3 Å². The molecule has 0 bridgehead atoms. The first kappa shape index (κ1) is 32.9. The van der Waals surface area contributed by atoms with E-state index in [9.17, 15) is 31.9 Å². The van der Waals surface area contributed by atoms with Gasteiger partial charge in [-0.1, -0.05) is 18.7 Å². The van der Waals surface area contributed by atoms with E-state index in [-0.39, 0.29) is 40.9 Å². The van der Waals surface area contributed by atoms with Gasteiger partial charge in [-0.3, -0.25) is 14.4 Å². The van der Waals surface area contributed by atoms with Gasteiger partial charge in [0.15, 0.2) is 5.78 Å². The predicted molar refractivity (Wildman–Crippen MR) is 166 cm³/mol. The highest BCUT2D eigenvalue weighted by atomic mass is 19.4. The van der Waals surface area contributed by atoms with Crippen LogP contribution >= 0.6 is 0 Å². The minimum atomic E-state index is -4.80. The van der Waals surface area contributed by atoms with Crippen LogP contribution in [0.2, 0.25) is 0 Å². The van der Waals surface area contributed by atoms with Crippen LogP contribution in [0.4, 0.5) is 23.2 Å². The maximum Gasteiger partial charge on any atom is 0.416 e. The zero-order valence-corrected chi connectivity index (χ0v) is 25.1. The van der Waals surface area contributed by atoms with Gasteiger partial charge in [0.2, 0.25) is 0 Å². The van der Waals surface area contributed by atoms with Crippen LogP contribution in [-0.4, -0.2) is 36.4 Å². The van der Waals surface area contributed by atoms with Crippen molar-refractivity contribution in [1.82, 2.24) is 15.2 Å². The number of rotatable bonds is 10. The summed E-state index contributed by atoms with van der Waals surface area (Å²) in [5.41, 5.74) is 0.482. The Bertz CT molecular complexity index is 1830. The molecule has 0 unspecified atom stereocenters. The third-order valence-electron chi connectivity index (χ3n) is 7.54. The summed E-state index contributed by atoms with van der Waals surface area (Å²) in [6.45, 7) is 7.15. The fraction of sp³-hybridized carbons (Fsp3) is 0.206. The number of nitrogens with one attached hydrogen (secondary N) is 3. The number of hydrogen-bond donors (Lipinski definition) is 3. The number of carbonyl (C=O) groups excluding carboxylic acids is 2.